The van der Waals surface area contributed by atoms with Gasteiger partial charge in [0.25, 0.3) is 0 Å². The zero-order chi connectivity index (χ0) is 22.3. The Labute approximate surface area is 186 Å². The predicted molar refractivity (Wildman–Crippen MR) is 125 cm³/mol. The van der Waals surface area contributed by atoms with Gasteiger partial charge in [-0.2, -0.15) is 0 Å². The lowest BCUT2D eigenvalue weighted by molar-refractivity contribution is 0.0699. The number of hydrogen-bond acceptors (Lipinski definition) is 4. The topological polar surface area (TPSA) is 72.7 Å². The van der Waals surface area contributed by atoms with Gasteiger partial charge in [0.1, 0.15) is 11.5 Å². The molecule has 162 valence electrons. The van der Waals surface area contributed by atoms with Gasteiger partial charge < -0.3 is 14.4 Å². The molecule has 4 aromatic rings. The van der Waals surface area contributed by atoms with Crippen LogP contribution in [0.25, 0.3) is 22.8 Å². The summed E-state index contributed by atoms with van der Waals surface area (Å²) >= 11 is 0. The van der Waals surface area contributed by atoms with Crippen LogP contribution in [0.1, 0.15) is 29.3 Å². The van der Waals surface area contributed by atoms with Crippen molar-refractivity contribution in [1.82, 2.24) is 10.0 Å². The first kappa shape index (κ1) is 21.2. The molecule has 0 radical (unpaired) electrons. The quantitative estimate of drug-likeness (QED) is 0.252. The molecule has 6 heteroatoms. The molecule has 0 bridgehead atoms. The Morgan fingerprint density at radius 1 is 1.00 bits per heavy atom. The van der Waals surface area contributed by atoms with E-state index >= 15 is 0 Å². The lowest BCUT2D eigenvalue weighted by Gasteiger charge is -2.13. The van der Waals surface area contributed by atoms with Crippen molar-refractivity contribution in [1.29, 1.82) is 0 Å². The molecule has 0 aliphatic heterocycles. The number of carbonyl (C=O) groups is 1. The van der Waals surface area contributed by atoms with Gasteiger partial charge >= 0.3 is 5.97 Å². The maximum absolute atomic E-state index is 11.7. The fraction of sp³-hybridized carbons (Fsp3) is 0.115. The number of nitrogens with zero attached hydrogens (tertiary/aromatic N) is 1. The van der Waals surface area contributed by atoms with Crippen LogP contribution in [0.5, 0.6) is 11.5 Å². The molecule has 1 aromatic heterocycles. The lowest BCUT2D eigenvalue weighted by atomic mass is 10.1. The summed E-state index contributed by atoms with van der Waals surface area (Å²) in [6, 6.07) is 24.6. The largest absolute Gasteiger partial charge is 0.478 e. The number of aromatic nitrogens is 1. The number of aromatic carboxylic acids is 1. The molecule has 2 N–H and O–H groups in total. The standard InChI is InChI=1S/C26H24N2O4/c1-2-15-31-27-24(18-28-17-23(26(29)30)22-13-6-7-14-25(22)28)19-9-8-12-21(16-19)32-20-10-4-3-5-11-20/h3-14,16-18,27H,2,15H2,1H3,(H,29,30). The van der Waals surface area contributed by atoms with E-state index in [9.17, 15) is 9.90 Å². The number of hydrogen-bond donors (Lipinski definition) is 2. The summed E-state index contributed by atoms with van der Waals surface area (Å²) in [6.07, 6.45) is 4.29. The molecule has 0 atom stereocenters. The molecule has 0 spiro atoms. The molecule has 0 saturated carbocycles. The first-order valence-corrected chi connectivity index (χ1v) is 10.4. The number of ether oxygens (including phenoxy) is 1. The Kier molecular flexibility index (Phi) is 6.53. The molecule has 6 nitrogen and oxygen atoms in total. The minimum atomic E-state index is -0.969. The molecule has 0 amide bonds. The smallest absolute Gasteiger partial charge is 0.337 e. The van der Waals surface area contributed by atoms with Gasteiger partial charge in [-0.1, -0.05) is 55.5 Å². The Hall–Kier alpha value is -4.03. The molecule has 0 fully saturated rings. The third kappa shape index (κ3) is 4.82. The van der Waals surface area contributed by atoms with Crippen molar-refractivity contribution in [3.8, 4) is 11.5 Å². The average Bonchev–Trinajstić information content (AvgIpc) is 3.18. The van der Waals surface area contributed by atoms with Gasteiger partial charge in [-0.3, -0.25) is 10.3 Å². The summed E-state index contributed by atoms with van der Waals surface area (Å²) in [5.74, 6) is 0.455. The fourth-order valence-electron chi connectivity index (χ4n) is 3.36. The number of nitrogens with one attached hydrogen (secondary N) is 1. The number of para-hydroxylation sites is 2. The van der Waals surface area contributed by atoms with E-state index < -0.39 is 5.97 Å². The maximum atomic E-state index is 11.7. The van der Waals surface area contributed by atoms with Crippen LogP contribution in [-0.2, 0) is 4.84 Å². The molecule has 1 heterocycles. The van der Waals surface area contributed by atoms with E-state index in [1.807, 2.05) is 85.9 Å². The normalized spacial score (nSPS) is 11.5. The summed E-state index contributed by atoms with van der Waals surface area (Å²) in [4.78, 5) is 17.3. The number of rotatable bonds is 9. The number of hydroxylamine groups is 1. The van der Waals surface area contributed by atoms with E-state index in [2.05, 4.69) is 5.48 Å². The maximum Gasteiger partial charge on any atom is 0.337 e. The van der Waals surface area contributed by atoms with E-state index in [1.54, 1.807) is 16.8 Å². The van der Waals surface area contributed by atoms with Crippen molar-refractivity contribution < 1.29 is 19.5 Å². The van der Waals surface area contributed by atoms with Crippen molar-refractivity contribution in [3.05, 3.63) is 96.2 Å². The van der Waals surface area contributed by atoms with Crippen LogP contribution in [0, 0.1) is 0 Å². The van der Waals surface area contributed by atoms with Crippen LogP contribution in [0.2, 0.25) is 0 Å². The number of fused-ring (bicyclic) bond motifs is 1. The monoisotopic (exact) mass is 428 g/mol. The van der Waals surface area contributed by atoms with Crippen molar-refractivity contribution >= 4 is 28.8 Å². The number of carboxylic acids is 1. The fourth-order valence-corrected chi connectivity index (χ4v) is 3.36. The van der Waals surface area contributed by atoms with Gasteiger partial charge in [0.2, 0.25) is 0 Å². The van der Waals surface area contributed by atoms with Crippen molar-refractivity contribution in [2.75, 3.05) is 6.61 Å². The van der Waals surface area contributed by atoms with E-state index in [0.717, 1.165) is 23.3 Å². The van der Waals surface area contributed by atoms with Crippen LogP contribution in [0.3, 0.4) is 0 Å². The van der Waals surface area contributed by atoms with Crippen LogP contribution in [0.4, 0.5) is 0 Å². The second-order valence-corrected chi connectivity index (χ2v) is 7.21. The van der Waals surface area contributed by atoms with Crippen LogP contribution in [0.15, 0.2) is 85.1 Å². The zero-order valence-electron chi connectivity index (χ0n) is 17.7. The Bertz CT molecular complexity index is 1250. The Morgan fingerprint density at radius 2 is 1.75 bits per heavy atom. The predicted octanol–water partition coefficient (Wildman–Crippen LogP) is 6.02. The number of carboxylic acid groups (broad SMARTS) is 1. The summed E-state index contributed by atoms with van der Waals surface area (Å²) in [6.45, 7) is 2.56. The summed E-state index contributed by atoms with van der Waals surface area (Å²) in [5, 5.41) is 10.3. The highest BCUT2D eigenvalue weighted by Gasteiger charge is 2.14. The van der Waals surface area contributed by atoms with Gasteiger partial charge in [-0.25, -0.2) is 4.79 Å². The highest BCUT2D eigenvalue weighted by Crippen LogP contribution is 2.27. The van der Waals surface area contributed by atoms with Gasteiger partial charge in [-0.05, 0) is 36.8 Å². The van der Waals surface area contributed by atoms with Crippen LogP contribution < -0.4 is 10.2 Å². The minimum Gasteiger partial charge on any atom is -0.478 e. The summed E-state index contributed by atoms with van der Waals surface area (Å²) < 4.78 is 7.76. The SMILES string of the molecule is CCCONC(=Cn1cc(C(=O)O)c2ccccc21)c1cccc(Oc2ccccc2)c1. The third-order valence-electron chi connectivity index (χ3n) is 4.85. The highest BCUT2D eigenvalue weighted by atomic mass is 16.6. The molecule has 4 rings (SSSR count). The van der Waals surface area contributed by atoms with Gasteiger partial charge in [0.05, 0.1) is 23.4 Å². The molecular formula is C26H24N2O4. The first-order valence-electron chi connectivity index (χ1n) is 10.4. The molecule has 0 saturated heterocycles. The van der Waals surface area contributed by atoms with Crippen molar-refractivity contribution in [2.24, 2.45) is 0 Å². The van der Waals surface area contributed by atoms with Gasteiger partial charge in [0, 0.05) is 23.3 Å². The van der Waals surface area contributed by atoms with E-state index in [-0.39, 0.29) is 5.56 Å². The van der Waals surface area contributed by atoms with E-state index in [4.69, 9.17) is 9.57 Å². The second-order valence-electron chi connectivity index (χ2n) is 7.21. The lowest BCUT2D eigenvalue weighted by Crippen LogP contribution is -2.14. The van der Waals surface area contributed by atoms with Gasteiger partial charge in [-0.15, -0.1) is 0 Å². The molecule has 0 aliphatic rings. The Morgan fingerprint density at radius 3 is 2.53 bits per heavy atom. The molecule has 0 aliphatic carbocycles. The van der Waals surface area contributed by atoms with Crippen LogP contribution >= 0.6 is 0 Å². The van der Waals surface area contributed by atoms with Crippen molar-refractivity contribution in [3.63, 3.8) is 0 Å². The molecule has 3 aromatic carbocycles. The zero-order valence-corrected chi connectivity index (χ0v) is 17.7. The second kappa shape index (κ2) is 9.85. The van der Waals surface area contributed by atoms with Crippen LogP contribution in [-0.4, -0.2) is 22.2 Å². The number of benzene rings is 3. The summed E-state index contributed by atoms with van der Waals surface area (Å²) in [5.41, 5.74) is 5.56. The first-order chi connectivity index (χ1) is 15.7. The van der Waals surface area contributed by atoms with Crippen molar-refractivity contribution in [2.45, 2.75) is 13.3 Å². The molecule has 0 unspecified atom stereocenters. The highest BCUT2D eigenvalue weighted by molar-refractivity contribution is 6.04. The van der Waals surface area contributed by atoms with E-state index in [0.29, 0.717) is 23.4 Å². The average molecular weight is 428 g/mol. The molecular weight excluding hydrogens is 404 g/mol. The molecule has 32 heavy (non-hydrogen) atoms. The summed E-state index contributed by atoms with van der Waals surface area (Å²) in [7, 11) is 0. The van der Waals surface area contributed by atoms with E-state index in [1.165, 1.54) is 0 Å². The minimum absolute atomic E-state index is 0.242. The third-order valence-corrected chi connectivity index (χ3v) is 4.85. The van der Waals surface area contributed by atoms with Gasteiger partial charge in [0.15, 0.2) is 0 Å². The Balaban J connectivity index is 1.74.